The fraction of sp³-hybridized carbons (Fsp3) is 0.600. The number of allylic oxidation sites excluding steroid dienone is 2. The minimum atomic E-state index is -4.77. The van der Waals surface area contributed by atoms with Crippen molar-refractivity contribution < 1.29 is 32.2 Å². The summed E-state index contributed by atoms with van der Waals surface area (Å²) in [5.41, 5.74) is -1.60. The molecule has 0 amide bonds. The number of alkyl halides is 3. The molecule has 1 unspecified atom stereocenters. The lowest BCUT2D eigenvalue weighted by Gasteiger charge is -2.32. The van der Waals surface area contributed by atoms with E-state index in [-0.39, 0.29) is 24.1 Å². The van der Waals surface area contributed by atoms with Crippen LogP contribution >= 0.6 is 0 Å². The smallest absolute Gasteiger partial charge is 0.431 e. The van der Waals surface area contributed by atoms with E-state index in [0.29, 0.717) is 6.42 Å². The third-order valence-corrected chi connectivity index (χ3v) is 3.59. The van der Waals surface area contributed by atoms with E-state index in [9.17, 15) is 22.8 Å². The highest BCUT2D eigenvalue weighted by Gasteiger charge is 2.46. The molecule has 5 nitrogen and oxygen atoms in total. The predicted molar refractivity (Wildman–Crippen MR) is 76.0 cm³/mol. The van der Waals surface area contributed by atoms with Crippen LogP contribution in [-0.2, 0) is 19.1 Å². The first kappa shape index (κ1) is 19.1. The van der Waals surface area contributed by atoms with Crippen molar-refractivity contribution in [1.82, 2.24) is 5.32 Å². The number of methoxy groups -OCH3 is 2. The average molecular weight is 335 g/mol. The second kappa shape index (κ2) is 7.52. The van der Waals surface area contributed by atoms with Crippen molar-refractivity contribution in [2.75, 3.05) is 14.2 Å². The van der Waals surface area contributed by atoms with Gasteiger partial charge in [-0.15, -0.1) is 0 Å². The molecular weight excluding hydrogens is 315 g/mol. The van der Waals surface area contributed by atoms with Crippen LogP contribution in [0, 0.1) is 5.92 Å². The van der Waals surface area contributed by atoms with Gasteiger partial charge in [0.1, 0.15) is 5.70 Å². The van der Waals surface area contributed by atoms with Crippen LogP contribution in [-0.4, -0.2) is 32.3 Å². The first-order valence-electron chi connectivity index (χ1n) is 7.20. The number of hydrogen-bond acceptors (Lipinski definition) is 5. The Morgan fingerprint density at radius 2 is 1.61 bits per heavy atom. The molecule has 0 aliphatic carbocycles. The monoisotopic (exact) mass is 335 g/mol. The number of esters is 2. The summed E-state index contributed by atoms with van der Waals surface area (Å²) in [6.07, 6.45) is -3.93. The maximum Gasteiger partial charge on any atom is 0.431 e. The standard InChI is InChI=1S/C15H20F3NO4/c1-5-7-8-10(13(20)22-3)9(6-2)19-12(15(16,17)18)11(8)14(21)23-4/h8,19H,5-7H2,1-4H3. The Balaban J connectivity index is 3.61. The van der Waals surface area contributed by atoms with Crippen molar-refractivity contribution in [2.24, 2.45) is 5.92 Å². The summed E-state index contributed by atoms with van der Waals surface area (Å²) < 4.78 is 49.3. The van der Waals surface area contributed by atoms with Gasteiger partial charge in [-0.2, -0.15) is 13.2 Å². The molecule has 0 aromatic carbocycles. The maximum absolute atomic E-state index is 13.4. The molecule has 0 radical (unpaired) electrons. The van der Waals surface area contributed by atoms with E-state index in [4.69, 9.17) is 0 Å². The van der Waals surface area contributed by atoms with Crippen molar-refractivity contribution in [3.63, 3.8) is 0 Å². The van der Waals surface area contributed by atoms with Gasteiger partial charge in [-0.3, -0.25) is 0 Å². The summed E-state index contributed by atoms with van der Waals surface area (Å²) in [6.45, 7) is 3.37. The second-order valence-electron chi connectivity index (χ2n) is 4.98. The van der Waals surface area contributed by atoms with Gasteiger partial charge in [0.15, 0.2) is 0 Å². The van der Waals surface area contributed by atoms with Gasteiger partial charge in [-0.05, 0) is 12.8 Å². The molecule has 8 heteroatoms. The molecule has 0 saturated heterocycles. The lowest BCUT2D eigenvalue weighted by Crippen LogP contribution is -2.39. The normalized spacial score (nSPS) is 18.7. The Kier molecular flexibility index (Phi) is 6.23. The Morgan fingerprint density at radius 3 is 2.00 bits per heavy atom. The van der Waals surface area contributed by atoms with E-state index < -0.39 is 35.3 Å². The van der Waals surface area contributed by atoms with Crippen molar-refractivity contribution in [1.29, 1.82) is 0 Å². The molecule has 130 valence electrons. The first-order chi connectivity index (χ1) is 10.7. The molecule has 0 bridgehead atoms. The quantitative estimate of drug-likeness (QED) is 0.783. The van der Waals surface area contributed by atoms with Crippen LogP contribution < -0.4 is 5.32 Å². The maximum atomic E-state index is 13.4. The van der Waals surface area contributed by atoms with Crippen molar-refractivity contribution >= 4 is 11.9 Å². The number of carbonyl (C=O) groups is 2. The third-order valence-electron chi connectivity index (χ3n) is 3.59. The van der Waals surface area contributed by atoms with Gasteiger partial charge >= 0.3 is 18.1 Å². The van der Waals surface area contributed by atoms with Crippen LogP contribution in [0.5, 0.6) is 0 Å². The van der Waals surface area contributed by atoms with Crippen LogP contribution in [0.3, 0.4) is 0 Å². The fourth-order valence-electron chi connectivity index (χ4n) is 2.62. The van der Waals surface area contributed by atoms with E-state index in [2.05, 4.69) is 14.8 Å². The number of rotatable bonds is 5. The SMILES string of the molecule is CCCC1C(C(=O)OC)=C(CC)NC(C(F)(F)F)=C1C(=O)OC. The van der Waals surface area contributed by atoms with Crippen LogP contribution in [0.1, 0.15) is 33.1 Å². The van der Waals surface area contributed by atoms with E-state index in [1.165, 1.54) is 0 Å². The largest absolute Gasteiger partial charge is 0.466 e. The number of dihydropyridines is 1. The number of hydrogen-bond donors (Lipinski definition) is 1. The fourth-order valence-corrected chi connectivity index (χ4v) is 2.62. The van der Waals surface area contributed by atoms with Crippen molar-refractivity contribution in [2.45, 2.75) is 39.3 Å². The minimum absolute atomic E-state index is 0.0465. The summed E-state index contributed by atoms with van der Waals surface area (Å²) in [7, 11) is 2.15. The van der Waals surface area contributed by atoms with E-state index >= 15 is 0 Å². The molecule has 1 aliphatic heterocycles. The summed E-state index contributed by atoms with van der Waals surface area (Å²) in [5.74, 6) is -2.89. The molecule has 1 N–H and O–H groups in total. The first-order valence-corrected chi connectivity index (χ1v) is 7.20. The summed E-state index contributed by atoms with van der Waals surface area (Å²) in [4.78, 5) is 24.0. The topological polar surface area (TPSA) is 64.6 Å². The van der Waals surface area contributed by atoms with Gasteiger partial charge < -0.3 is 14.8 Å². The lowest BCUT2D eigenvalue weighted by molar-refractivity contribution is -0.139. The highest BCUT2D eigenvalue weighted by atomic mass is 19.4. The summed E-state index contributed by atoms with van der Waals surface area (Å²) in [6, 6.07) is 0. The van der Waals surface area contributed by atoms with Gasteiger partial charge in [-0.25, -0.2) is 9.59 Å². The van der Waals surface area contributed by atoms with E-state index in [1.807, 2.05) is 0 Å². The molecule has 1 aliphatic rings. The van der Waals surface area contributed by atoms with Crippen LogP contribution in [0.15, 0.2) is 22.5 Å². The zero-order chi connectivity index (χ0) is 17.8. The van der Waals surface area contributed by atoms with Crippen molar-refractivity contribution in [3.8, 4) is 0 Å². The number of ether oxygens (including phenoxy) is 2. The molecule has 0 fully saturated rings. The predicted octanol–water partition coefficient (Wildman–Crippen LogP) is 2.83. The van der Waals surface area contributed by atoms with E-state index in [0.717, 1.165) is 14.2 Å². The minimum Gasteiger partial charge on any atom is -0.466 e. The van der Waals surface area contributed by atoms with Gasteiger partial charge in [-0.1, -0.05) is 20.3 Å². The van der Waals surface area contributed by atoms with E-state index in [1.54, 1.807) is 13.8 Å². The molecule has 0 spiro atoms. The van der Waals surface area contributed by atoms with Crippen molar-refractivity contribution in [3.05, 3.63) is 22.5 Å². The Bertz CT molecular complexity index is 549. The van der Waals surface area contributed by atoms with Crippen LogP contribution in [0.25, 0.3) is 0 Å². The molecule has 0 aromatic heterocycles. The Hall–Kier alpha value is -1.99. The number of nitrogens with one attached hydrogen (secondary N) is 1. The molecule has 1 heterocycles. The zero-order valence-corrected chi connectivity index (χ0v) is 13.5. The molecular formula is C15H20F3NO4. The highest BCUT2D eigenvalue weighted by molar-refractivity contribution is 5.98. The molecule has 1 rings (SSSR count). The molecule has 0 saturated carbocycles. The molecule has 1 atom stereocenters. The average Bonchev–Trinajstić information content (AvgIpc) is 2.51. The molecule has 0 aromatic rings. The molecule has 23 heavy (non-hydrogen) atoms. The van der Waals surface area contributed by atoms with Gasteiger partial charge in [0.2, 0.25) is 0 Å². The summed E-state index contributed by atoms with van der Waals surface area (Å²) >= 11 is 0. The van der Waals surface area contributed by atoms with Gasteiger partial charge in [0.25, 0.3) is 0 Å². The summed E-state index contributed by atoms with van der Waals surface area (Å²) in [5, 5.41) is 2.19. The van der Waals surface area contributed by atoms with Gasteiger partial charge in [0.05, 0.1) is 25.4 Å². The second-order valence-corrected chi connectivity index (χ2v) is 4.98. The Labute approximate surface area is 132 Å². The lowest BCUT2D eigenvalue weighted by atomic mass is 9.81. The van der Waals surface area contributed by atoms with Crippen LogP contribution in [0.4, 0.5) is 13.2 Å². The Morgan fingerprint density at radius 1 is 1.09 bits per heavy atom. The highest BCUT2D eigenvalue weighted by Crippen LogP contribution is 2.40. The van der Waals surface area contributed by atoms with Gasteiger partial charge in [0, 0.05) is 11.6 Å². The third kappa shape index (κ3) is 3.86. The van der Waals surface area contributed by atoms with Crippen LogP contribution in [0.2, 0.25) is 0 Å². The zero-order valence-electron chi connectivity index (χ0n) is 13.5. The number of carbonyl (C=O) groups excluding carboxylic acids is 2. The number of halogens is 3.